The number of halogens is 5. The number of rotatable bonds is 8. The van der Waals surface area contributed by atoms with Crippen LogP contribution in [0.1, 0.15) is 82.7 Å². The molecule has 13 heteroatoms. The van der Waals surface area contributed by atoms with Gasteiger partial charge in [0.05, 0.1) is 15.9 Å². The lowest BCUT2D eigenvalue weighted by molar-refractivity contribution is -0.117. The third kappa shape index (κ3) is 4.19. The standard InChI is InChI=1S/C21H18BrF4N5O2S/c22-13-15(19(25)26)30-31(16(13)8-3-4-8)6-11(32)29-14-12-9(7-1-2-7)5-10(18(23)24)28-21(12)34-17(14)20(27)33/h5,7-8,18-19H,1-4,6H2,(H2,27,33)(H,29,32). The SMILES string of the molecule is NC(=O)c1sc2nc(C(F)F)cc(C3CC3)c2c1NC(=O)Cn1nc(C(F)F)c(Br)c1C1CC1. The predicted molar refractivity (Wildman–Crippen MR) is 121 cm³/mol. The van der Waals surface area contributed by atoms with E-state index in [1.54, 1.807) is 0 Å². The Balaban J connectivity index is 1.53. The van der Waals surface area contributed by atoms with E-state index in [-0.39, 0.29) is 38.2 Å². The minimum atomic E-state index is -2.81. The smallest absolute Gasteiger partial charge is 0.283 e. The number of primary amides is 1. The molecule has 0 aromatic carbocycles. The van der Waals surface area contributed by atoms with E-state index in [2.05, 4.69) is 31.3 Å². The Kier molecular flexibility index (Phi) is 5.87. The number of thiophene rings is 1. The second-order valence-corrected chi connectivity index (χ2v) is 10.2. The van der Waals surface area contributed by atoms with Gasteiger partial charge in [-0.25, -0.2) is 22.5 Å². The van der Waals surface area contributed by atoms with E-state index in [4.69, 9.17) is 5.73 Å². The topological polar surface area (TPSA) is 103 Å². The number of nitrogens with one attached hydrogen (secondary N) is 1. The average Bonchev–Trinajstić information content (AvgIpc) is 3.69. The van der Waals surface area contributed by atoms with Gasteiger partial charge in [0.25, 0.3) is 18.8 Å². The molecule has 0 unspecified atom stereocenters. The summed E-state index contributed by atoms with van der Waals surface area (Å²) >= 11 is 4.02. The molecule has 5 rings (SSSR count). The van der Waals surface area contributed by atoms with Gasteiger partial charge < -0.3 is 11.1 Å². The van der Waals surface area contributed by atoms with Crippen LogP contribution in [0, 0.1) is 0 Å². The lowest BCUT2D eigenvalue weighted by atomic mass is 10.0. The summed E-state index contributed by atoms with van der Waals surface area (Å²) < 4.78 is 54.9. The lowest BCUT2D eigenvalue weighted by Gasteiger charge is -2.11. The molecule has 2 aliphatic rings. The maximum Gasteiger partial charge on any atom is 0.283 e. The van der Waals surface area contributed by atoms with Crippen LogP contribution >= 0.6 is 27.3 Å². The van der Waals surface area contributed by atoms with Crippen LogP contribution in [0.25, 0.3) is 10.2 Å². The summed E-state index contributed by atoms with van der Waals surface area (Å²) in [7, 11) is 0. The van der Waals surface area contributed by atoms with Gasteiger partial charge in [-0.05, 0) is 59.2 Å². The molecule has 2 fully saturated rings. The summed E-state index contributed by atoms with van der Waals surface area (Å²) in [5.74, 6) is -1.39. The van der Waals surface area contributed by atoms with Crippen molar-refractivity contribution in [3.05, 3.63) is 38.1 Å². The van der Waals surface area contributed by atoms with Gasteiger partial charge in [0.15, 0.2) is 0 Å². The van der Waals surface area contributed by atoms with Crippen LogP contribution < -0.4 is 11.1 Å². The van der Waals surface area contributed by atoms with Crippen molar-refractivity contribution in [1.29, 1.82) is 0 Å². The number of aromatic nitrogens is 3. The van der Waals surface area contributed by atoms with Gasteiger partial charge in [-0.2, -0.15) is 5.10 Å². The Labute approximate surface area is 202 Å². The van der Waals surface area contributed by atoms with Crippen LogP contribution in [0.3, 0.4) is 0 Å². The summed E-state index contributed by atoms with van der Waals surface area (Å²) in [6.45, 7) is -0.367. The minimum absolute atomic E-state index is 0.0125. The number of carbonyl (C=O) groups excluding carboxylic acids is 2. The number of hydrogen-bond donors (Lipinski definition) is 2. The molecule has 3 heterocycles. The van der Waals surface area contributed by atoms with Crippen LogP contribution in [0.2, 0.25) is 0 Å². The first kappa shape index (κ1) is 23.2. The fourth-order valence-electron chi connectivity index (χ4n) is 4.06. The zero-order chi connectivity index (χ0) is 24.3. The molecule has 180 valence electrons. The van der Waals surface area contributed by atoms with E-state index in [9.17, 15) is 27.2 Å². The molecule has 2 amide bonds. The molecule has 0 saturated heterocycles. The maximum absolute atomic E-state index is 13.4. The van der Waals surface area contributed by atoms with Crippen molar-refractivity contribution in [2.75, 3.05) is 5.32 Å². The summed E-state index contributed by atoms with van der Waals surface area (Å²) in [4.78, 5) is 29.3. The monoisotopic (exact) mass is 559 g/mol. The molecule has 3 aromatic rings. The Morgan fingerprint density at radius 1 is 1.18 bits per heavy atom. The summed E-state index contributed by atoms with van der Waals surface area (Å²) in [6, 6.07) is 1.31. The highest BCUT2D eigenvalue weighted by Gasteiger charge is 2.35. The first-order valence-corrected chi connectivity index (χ1v) is 12.2. The van der Waals surface area contributed by atoms with Crippen molar-refractivity contribution in [2.24, 2.45) is 5.73 Å². The molecule has 3 aromatic heterocycles. The molecule has 34 heavy (non-hydrogen) atoms. The quantitative estimate of drug-likeness (QED) is 0.349. The lowest BCUT2D eigenvalue weighted by Crippen LogP contribution is -2.22. The number of pyridine rings is 1. The molecule has 0 bridgehead atoms. The van der Waals surface area contributed by atoms with Gasteiger partial charge in [0, 0.05) is 11.3 Å². The van der Waals surface area contributed by atoms with Crippen molar-refractivity contribution in [2.45, 2.75) is 56.9 Å². The number of alkyl halides is 4. The second-order valence-electron chi connectivity index (χ2n) is 8.43. The van der Waals surface area contributed by atoms with Crippen molar-refractivity contribution in [1.82, 2.24) is 14.8 Å². The average molecular weight is 560 g/mol. The first-order valence-electron chi connectivity index (χ1n) is 10.5. The Morgan fingerprint density at radius 3 is 2.41 bits per heavy atom. The van der Waals surface area contributed by atoms with E-state index >= 15 is 0 Å². The van der Waals surface area contributed by atoms with Crippen LogP contribution in [0.15, 0.2) is 10.5 Å². The van der Waals surface area contributed by atoms with E-state index in [0.717, 1.165) is 37.0 Å². The zero-order valence-corrected chi connectivity index (χ0v) is 19.9. The number of anilines is 1. The molecule has 2 saturated carbocycles. The third-order valence-corrected chi connectivity index (χ3v) is 7.77. The van der Waals surface area contributed by atoms with Gasteiger partial charge in [-0.15, -0.1) is 11.3 Å². The number of fused-ring (bicyclic) bond motifs is 1. The second kappa shape index (κ2) is 8.59. The molecule has 7 nitrogen and oxygen atoms in total. The number of amides is 2. The van der Waals surface area contributed by atoms with Gasteiger partial charge in [-0.1, -0.05) is 0 Å². The molecule has 3 N–H and O–H groups in total. The summed E-state index contributed by atoms with van der Waals surface area (Å²) in [6.07, 6.45) is -2.41. The molecule has 0 aliphatic heterocycles. The highest BCUT2D eigenvalue weighted by molar-refractivity contribution is 9.10. The van der Waals surface area contributed by atoms with Crippen molar-refractivity contribution < 1.29 is 27.2 Å². The van der Waals surface area contributed by atoms with Gasteiger partial charge >= 0.3 is 0 Å². The Bertz CT molecular complexity index is 1320. The van der Waals surface area contributed by atoms with Crippen LogP contribution in [0.5, 0.6) is 0 Å². The number of carbonyl (C=O) groups is 2. The number of nitrogens with zero attached hydrogens (tertiary/aromatic N) is 3. The van der Waals surface area contributed by atoms with Gasteiger partial charge in [0.2, 0.25) is 5.91 Å². The molecule has 0 spiro atoms. The van der Waals surface area contributed by atoms with Crippen LogP contribution in [-0.2, 0) is 11.3 Å². The summed E-state index contributed by atoms with van der Waals surface area (Å²) in [5, 5.41) is 6.99. The largest absolute Gasteiger partial charge is 0.365 e. The third-order valence-electron chi connectivity index (χ3n) is 5.86. The molecular formula is C21H18BrF4N5O2S. The number of hydrogen-bond acceptors (Lipinski definition) is 5. The number of nitrogens with two attached hydrogens (primary N) is 1. The Morgan fingerprint density at radius 2 is 1.85 bits per heavy atom. The normalized spacial score (nSPS) is 16.1. The van der Waals surface area contributed by atoms with E-state index < -0.39 is 36.1 Å². The van der Waals surface area contributed by atoms with Gasteiger partial charge in [-0.3, -0.25) is 14.3 Å². The highest BCUT2D eigenvalue weighted by atomic mass is 79.9. The van der Waals surface area contributed by atoms with Crippen LogP contribution in [0.4, 0.5) is 23.2 Å². The first-order chi connectivity index (χ1) is 16.2. The molecule has 0 atom stereocenters. The summed E-state index contributed by atoms with van der Waals surface area (Å²) in [5.41, 5.74) is 5.89. The van der Waals surface area contributed by atoms with Crippen molar-refractivity contribution in [3.63, 3.8) is 0 Å². The molecule has 2 aliphatic carbocycles. The fraction of sp³-hybridized carbons (Fsp3) is 0.429. The fourth-order valence-corrected chi connectivity index (χ4v) is 5.86. The van der Waals surface area contributed by atoms with E-state index in [1.807, 2.05) is 0 Å². The van der Waals surface area contributed by atoms with E-state index in [1.165, 1.54) is 10.7 Å². The highest BCUT2D eigenvalue weighted by Crippen LogP contribution is 2.49. The van der Waals surface area contributed by atoms with Crippen molar-refractivity contribution in [3.8, 4) is 0 Å². The van der Waals surface area contributed by atoms with E-state index in [0.29, 0.717) is 16.6 Å². The minimum Gasteiger partial charge on any atom is -0.365 e. The maximum atomic E-state index is 13.4. The van der Waals surface area contributed by atoms with Crippen LogP contribution in [-0.4, -0.2) is 26.6 Å². The predicted octanol–water partition coefficient (Wildman–Crippen LogP) is 5.62. The molecule has 0 radical (unpaired) electrons. The Hall–Kier alpha value is -2.54. The van der Waals surface area contributed by atoms with Crippen molar-refractivity contribution >= 4 is 55.0 Å². The molecular weight excluding hydrogens is 542 g/mol. The zero-order valence-electron chi connectivity index (χ0n) is 17.5. The van der Waals surface area contributed by atoms with Gasteiger partial charge in [0.1, 0.15) is 27.6 Å².